The molecule has 1 aromatic heterocycles. The van der Waals surface area contributed by atoms with Gasteiger partial charge in [-0.05, 0) is 19.1 Å². The number of sulfone groups is 1. The number of H-pyrrole nitrogens is 1. The van der Waals surface area contributed by atoms with Crippen LogP contribution in [0, 0.1) is 0 Å². The molecular weight excluding hydrogens is 266 g/mol. The maximum absolute atomic E-state index is 12.0. The second-order valence-corrected chi connectivity index (χ2v) is 6.45. The van der Waals surface area contributed by atoms with E-state index in [9.17, 15) is 13.2 Å². The highest BCUT2D eigenvalue weighted by atomic mass is 32.2. The van der Waals surface area contributed by atoms with E-state index in [4.69, 9.17) is 4.74 Å². The molecule has 0 atom stereocenters. The van der Waals surface area contributed by atoms with Gasteiger partial charge in [-0.25, -0.2) is 8.42 Å². The number of aromatic amines is 1. The SMILES string of the molecule is CCOc1cccc2[nH]cc(C(=O)CS(C)(=O)=O)c12. The maximum atomic E-state index is 12.0. The molecule has 0 saturated heterocycles. The molecule has 1 heterocycles. The Labute approximate surface area is 111 Å². The van der Waals surface area contributed by atoms with Gasteiger partial charge in [0.25, 0.3) is 0 Å². The third kappa shape index (κ3) is 2.96. The minimum absolute atomic E-state index is 0.351. The number of carbonyl (C=O) groups excluding carboxylic acids is 1. The third-order valence-corrected chi connectivity index (χ3v) is 3.45. The average Bonchev–Trinajstić information content (AvgIpc) is 2.72. The number of nitrogens with one attached hydrogen (secondary N) is 1. The molecule has 0 amide bonds. The molecule has 6 heteroatoms. The monoisotopic (exact) mass is 281 g/mol. The molecule has 0 aliphatic carbocycles. The summed E-state index contributed by atoms with van der Waals surface area (Å²) in [5.41, 5.74) is 1.10. The molecule has 0 aliphatic heterocycles. The molecule has 0 saturated carbocycles. The van der Waals surface area contributed by atoms with E-state index in [-0.39, 0.29) is 0 Å². The zero-order valence-electron chi connectivity index (χ0n) is 10.8. The van der Waals surface area contributed by atoms with Crippen molar-refractivity contribution in [1.29, 1.82) is 0 Å². The van der Waals surface area contributed by atoms with Crippen LogP contribution < -0.4 is 4.74 Å². The quantitative estimate of drug-likeness (QED) is 0.848. The summed E-state index contributed by atoms with van der Waals surface area (Å²) in [7, 11) is -3.35. The summed E-state index contributed by atoms with van der Waals surface area (Å²) in [4.78, 5) is 15.0. The summed E-state index contributed by atoms with van der Waals surface area (Å²) in [6.45, 7) is 2.33. The van der Waals surface area contributed by atoms with Crippen molar-refractivity contribution in [3.63, 3.8) is 0 Å². The largest absolute Gasteiger partial charge is 0.493 e. The summed E-state index contributed by atoms with van der Waals surface area (Å²) in [5, 5.41) is 0.637. The normalized spacial score (nSPS) is 11.7. The highest BCUT2D eigenvalue weighted by Gasteiger charge is 2.19. The van der Waals surface area contributed by atoms with Gasteiger partial charge in [-0.3, -0.25) is 4.79 Å². The molecule has 2 aromatic rings. The van der Waals surface area contributed by atoms with Gasteiger partial charge < -0.3 is 9.72 Å². The number of carbonyl (C=O) groups is 1. The molecule has 5 nitrogen and oxygen atoms in total. The first kappa shape index (κ1) is 13.6. The molecule has 0 bridgehead atoms. The summed E-state index contributed by atoms with van der Waals surface area (Å²) >= 11 is 0. The Kier molecular flexibility index (Phi) is 3.61. The molecule has 0 radical (unpaired) electrons. The minimum Gasteiger partial charge on any atom is -0.493 e. The second kappa shape index (κ2) is 5.05. The van der Waals surface area contributed by atoms with E-state index in [2.05, 4.69) is 4.98 Å². The zero-order chi connectivity index (χ0) is 14.0. The summed E-state index contributed by atoms with van der Waals surface area (Å²) in [6, 6.07) is 5.39. The van der Waals surface area contributed by atoms with Gasteiger partial charge in [0, 0.05) is 23.5 Å². The molecule has 0 spiro atoms. The predicted molar refractivity (Wildman–Crippen MR) is 73.5 cm³/mol. The predicted octanol–water partition coefficient (Wildman–Crippen LogP) is 1.79. The molecule has 0 fully saturated rings. The summed E-state index contributed by atoms with van der Waals surface area (Å²) in [5.74, 6) is -0.348. The van der Waals surface area contributed by atoms with Crippen molar-refractivity contribution in [1.82, 2.24) is 4.98 Å². The van der Waals surface area contributed by atoms with Gasteiger partial charge in [-0.2, -0.15) is 0 Å². The van der Waals surface area contributed by atoms with E-state index < -0.39 is 21.4 Å². The first-order chi connectivity index (χ1) is 8.92. The Bertz CT molecular complexity index is 715. The number of benzene rings is 1. The fraction of sp³-hybridized carbons (Fsp3) is 0.308. The average molecular weight is 281 g/mol. The van der Waals surface area contributed by atoms with Crippen molar-refractivity contribution < 1.29 is 17.9 Å². The lowest BCUT2D eigenvalue weighted by molar-refractivity contribution is 0.102. The van der Waals surface area contributed by atoms with Gasteiger partial charge >= 0.3 is 0 Å². The van der Waals surface area contributed by atoms with E-state index in [0.29, 0.717) is 23.3 Å². The molecule has 1 N–H and O–H groups in total. The highest BCUT2D eigenvalue weighted by Crippen LogP contribution is 2.29. The maximum Gasteiger partial charge on any atom is 0.180 e. The second-order valence-electron chi connectivity index (χ2n) is 4.31. The summed E-state index contributed by atoms with van der Waals surface area (Å²) < 4.78 is 27.9. The lowest BCUT2D eigenvalue weighted by Crippen LogP contribution is -2.14. The smallest absolute Gasteiger partial charge is 0.180 e. The van der Waals surface area contributed by atoms with Crippen LogP contribution in [0.25, 0.3) is 10.9 Å². The fourth-order valence-electron chi connectivity index (χ4n) is 1.96. The van der Waals surface area contributed by atoms with E-state index >= 15 is 0 Å². The van der Waals surface area contributed by atoms with Crippen molar-refractivity contribution in [2.75, 3.05) is 18.6 Å². The van der Waals surface area contributed by atoms with Crippen molar-refractivity contribution in [3.8, 4) is 5.75 Å². The number of rotatable bonds is 5. The van der Waals surface area contributed by atoms with E-state index in [1.165, 1.54) is 6.20 Å². The Morgan fingerprint density at radius 1 is 1.37 bits per heavy atom. The lowest BCUT2D eigenvalue weighted by Gasteiger charge is -2.06. The Balaban J connectivity index is 2.52. The third-order valence-electron chi connectivity index (χ3n) is 2.66. The number of Topliss-reactive ketones (excluding diaryl/α,β-unsaturated/α-hetero) is 1. The van der Waals surface area contributed by atoms with Crippen molar-refractivity contribution >= 4 is 26.5 Å². The van der Waals surface area contributed by atoms with Gasteiger partial charge in [0.15, 0.2) is 15.6 Å². The van der Waals surface area contributed by atoms with Crippen LogP contribution in [0.4, 0.5) is 0 Å². The molecule has 2 rings (SSSR count). The highest BCUT2D eigenvalue weighted by molar-refractivity contribution is 7.91. The number of fused-ring (bicyclic) bond motifs is 1. The van der Waals surface area contributed by atoms with Crippen LogP contribution in [0.15, 0.2) is 24.4 Å². The van der Waals surface area contributed by atoms with Crippen LogP contribution in [-0.2, 0) is 9.84 Å². The van der Waals surface area contributed by atoms with Crippen LogP contribution in [-0.4, -0.2) is 37.8 Å². The Morgan fingerprint density at radius 2 is 2.11 bits per heavy atom. The number of hydrogen-bond donors (Lipinski definition) is 1. The minimum atomic E-state index is -3.35. The first-order valence-electron chi connectivity index (χ1n) is 5.86. The molecule has 1 aromatic carbocycles. The van der Waals surface area contributed by atoms with E-state index in [1.54, 1.807) is 6.07 Å². The molecule has 0 aliphatic rings. The summed E-state index contributed by atoms with van der Waals surface area (Å²) in [6.07, 6.45) is 2.57. The molecule has 102 valence electrons. The van der Waals surface area contributed by atoms with Gasteiger partial charge in [-0.1, -0.05) is 6.07 Å². The van der Waals surface area contributed by atoms with Crippen LogP contribution in [0.2, 0.25) is 0 Å². The van der Waals surface area contributed by atoms with Crippen LogP contribution in [0.3, 0.4) is 0 Å². The zero-order valence-corrected chi connectivity index (χ0v) is 11.6. The van der Waals surface area contributed by atoms with Crippen molar-refractivity contribution in [3.05, 3.63) is 30.0 Å². The number of ketones is 1. The Hall–Kier alpha value is -1.82. The van der Waals surface area contributed by atoms with E-state index in [0.717, 1.165) is 11.8 Å². The molecular formula is C13H15NO4S. The first-order valence-corrected chi connectivity index (χ1v) is 7.92. The van der Waals surface area contributed by atoms with Gasteiger partial charge in [0.2, 0.25) is 0 Å². The van der Waals surface area contributed by atoms with Crippen molar-refractivity contribution in [2.45, 2.75) is 6.92 Å². The number of aromatic nitrogens is 1. The number of hydrogen-bond acceptors (Lipinski definition) is 4. The van der Waals surface area contributed by atoms with Crippen LogP contribution in [0.5, 0.6) is 5.75 Å². The van der Waals surface area contributed by atoms with Gasteiger partial charge in [0.1, 0.15) is 11.5 Å². The van der Waals surface area contributed by atoms with Crippen LogP contribution in [0.1, 0.15) is 17.3 Å². The van der Waals surface area contributed by atoms with Crippen molar-refractivity contribution in [2.24, 2.45) is 0 Å². The van der Waals surface area contributed by atoms with E-state index in [1.807, 2.05) is 19.1 Å². The standard InChI is InChI=1S/C13H15NO4S/c1-3-18-12-6-4-5-10-13(12)9(7-14-10)11(15)8-19(2,16)17/h4-7,14H,3,8H2,1-2H3. The van der Waals surface area contributed by atoms with Gasteiger partial charge in [0.05, 0.1) is 12.0 Å². The van der Waals surface area contributed by atoms with Gasteiger partial charge in [-0.15, -0.1) is 0 Å². The molecule has 19 heavy (non-hydrogen) atoms. The molecule has 0 unspecified atom stereocenters. The lowest BCUT2D eigenvalue weighted by atomic mass is 10.1. The van der Waals surface area contributed by atoms with Crippen LogP contribution >= 0.6 is 0 Å². The topological polar surface area (TPSA) is 76.2 Å². The Morgan fingerprint density at radius 3 is 2.74 bits per heavy atom. The number of ether oxygens (including phenoxy) is 1. The fourth-order valence-corrected chi connectivity index (χ4v) is 2.59.